The summed E-state index contributed by atoms with van der Waals surface area (Å²) in [6, 6.07) is 5.27. The highest BCUT2D eigenvalue weighted by atomic mass is 79.9. The average Bonchev–Trinajstić information content (AvgIpc) is 2.19. The standard InChI is InChI=1S/C9H7BrN2O2S/c10-5-1-2-7-6(3-5)9(13)8(4-12-7)15(11)14/h1-4H,11H2,(H,12,13). The summed E-state index contributed by atoms with van der Waals surface area (Å²) in [5.41, 5.74) is 0.630. The molecule has 1 heterocycles. The Morgan fingerprint density at radius 3 is 2.87 bits per heavy atom. The van der Waals surface area contributed by atoms with E-state index in [0.717, 1.165) is 4.47 Å². The van der Waals surface area contributed by atoms with Gasteiger partial charge in [-0.25, -0.2) is 0 Å². The zero-order chi connectivity index (χ0) is 11.0. The van der Waals surface area contributed by atoms with E-state index in [0.29, 0.717) is 10.9 Å². The zero-order valence-electron chi connectivity index (χ0n) is 7.48. The molecule has 0 saturated carbocycles. The first-order chi connectivity index (χ1) is 7.09. The molecule has 1 aromatic carbocycles. The van der Waals surface area contributed by atoms with Gasteiger partial charge in [-0.1, -0.05) is 15.9 Å². The van der Waals surface area contributed by atoms with E-state index in [4.69, 9.17) is 5.14 Å². The number of hydrogen-bond acceptors (Lipinski definition) is 4. The normalized spacial score (nSPS) is 13.0. The molecular formula is C9H7BrN2O2S. The summed E-state index contributed by atoms with van der Waals surface area (Å²) in [4.78, 5) is 4.19. The Bertz CT molecular complexity index is 519. The molecule has 0 aliphatic rings. The summed E-state index contributed by atoms with van der Waals surface area (Å²) in [7, 11) is 0. The van der Waals surface area contributed by atoms with Crippen LogP contribution in [0.25, 0.3) is 10.9 Å². The van der Waals surface area contributed by atoms with Gasteiger partial charge in [0.2, 0.25) is 4.90 Å². The molecule has 0 fully saturated rings. The second-order valence-electron chi connectivity index (χ2n) is 2.93. The number of pyridine rings is 1. The van der Waals surface area contributed by atoms with Gasteiger partial charge in [-0.3, -0.25) is 4.98 Å². The van der Waals surface area contributed by atoms with Crippen LogP contribution in [0, 0.1) is 0 Å². The summed E-state index contributed by atoms with van der Waals surface area (Å²) in [5, 5.41) is 15.5. The van der Waals surface area contributed by atoms with Gasteiger partial charge >= 0.3 is 0 Å². The molecule has 2 rings (SSSR count). The van der Waals surface area contributed by atoms with E-state index in [1.165, 1.54) is 6.20 Å². The van der Waals surface area contributed by atoms with Gasteiger partial charge in [0.1, 0.15) is 0 Å². The SMILES string of the molecule is N[S+]([O-])c1cnc2ccc(Br)cc2c1O. The molecule has 2 aromatic rings. The second-order valence-corrected chi connectivity index (χ2v) is 4.88. The molecule has 78 valence electrons. The number of nitrogens with two attached hydrogens (primary N) is 1. The lowest BCUT2D eigenvalue weighted by molar-refractivity contribution is 0.464. The first-order valence-electron chi connectivity index (χ1n) is 4.03. The van der Waals surface area contributed by atoms with Crippen molar-refractivity contribution in [3.63, 3.8) is 0 Å². The largest absolute Gasteiger partial charge is 0.593 e. The molecule has 0 radical (unpaired) electrons. The predicted octanol–water partition coefficient (Wildman–Crippen LogP) is 1.68. The molecule has 4 nitrogen and oxygen atoms in total. The van der Waals surface area contributed by atoms with Gasteiger partial charge in [0.05, 0.1) is 23.1 Å². The smallest absolute Gasteiger partial charge is 0.234 e. The van der Waals surface area contributed by atoms with Crippen molar-refractivity contribution in [2.45, 2.75) is 4.90 Å². The van der Waals surface area contributed by atoms with Crippen molar-refractivity contribution in [1.29, 1.82) is 0 Å². The molecule has 0 aliphatic heterocycles. The molecule has 3 N–H and O–H groups in total. The van der Waals surface area contributed by atoms with Crippen LogP contribution in [0.5, 0.6) is 5.75 Å². The van der Waals surface area contributed by atoms with E-state index in [2.05, 4.69) is 20.9 Å². The second kappa shape index (κ2) is 3.97. The van der Waals surface area contributed by atoms with Gasteiger partial charge in [-0.2, -0.15) is 0 Å². The summed E-state index contributed by atoms with van der Waals surface area (Å²) >= 11 is 1.55. The number of aromatic nitrogens is 1. The molecule has 0 amide bonds. The maximum atomic E-state index is 11.1. The lowest BCUT2D eigenvalue weighted by atomic mass is 10.2. The molecule has 0 aliphatic carbocycles. The Balaban J connectivity index is 2.77. The predicted molar refractivity (Wildman–Crippen MR) is 61.7 cm³/mol. The van der Waals surface area contributed by atoms with E-state index in [9.17, 15) is 9.66 Å². The highest BCUT2D eigenvalue weighted by Gasteiger charge is 2.16. The van der Waals surface area contributed by atoms with E-state index >= 15 is 0 Å². The lowest BCUT2D eigenvalue weighted by Crippen LogP contribution is -2.12. The molecule has 15 heavy (non-hydrogen) atoms. The van der Waals surface area contributed by atoms with Gasteiger partial charge in [-0.05, 0) is 18.2 Å². The van der Waals surface area contributed by atoms with Crippen LogP contribution in [-0.2, 0) is 11.4 Å². The number of hydrogen-bond donors (Lipinski definition) is 2. The number of aromatic hydroxyl groups is 1. The van der Waals surface area contributed by atoms with Crippen molar-refractivity contribution in [2.24, 2.45) is 5.14 Å². The topological polar surface area (TPSA) is 82.2 Å². The van der Waals surface area contributed by atoms with Gasteiger partial charge in [0.15, 0.2) is 5.75 Å². The van der Waals surface area contributed by atoms with Gasteiger partial charge in [-0.15, -0.1) is 5.14 Å². The number of halogens is 1. The monoisotopic (exact) mass is 286 g/mol. The summed E-state index contributed by atoms with van der Waals surface area (Å²) < 4.78 is 11.9. The number of benzene rings is 1. The molecule has 1 atom stereocenters. The Kier molecular flexibility index (Phi) is 2.83. The van der Waals surface area contributed by atoms with E-state index in [1.807, 2.05) is 6.07 Å². The van der Waals surface area contributed by atoms with Crippen molar-refractivity contribution in [3.8, 4) is 5.75 Å². The Morgan fingerprint density at radius 1 is 1.47 bits per heavy atom. The minimum Gasteiger partial charge on any atom is -0.593 e. The fourth-order valence-corrected chi connectivity index (χ4v) is 2.10. The van der Waals surface area contributed by atoms with Gasteiger partial charge < -0.3 is 9.66 Å². The van der Waals surface area contributed by atoms with Crippen molar-refractivity contribution < 1.29 is 9.66 Å². The van der Waals surface area contributed by atoms with Crippen molar-refractivity contribution in [3.05, 3.63) is 28.9 Å². The fraction of sp³-hybridized carbons (Fsp3) is 0. The molecule has 0 bridgehead atoms. The number of fused-ring (bicyclic) bond motifs is 1. The van der Waals surface area contributed by atoms with Crippen LogP contribution in [0.15, 0.2) is 33.8 Å². The Labute approximate surface area is 97.6 Å². The van der Waals surface area contributed by atoms with Gasteiger partial charge in [0.25, 0.3) is 0 Å². The van der Waals surface area contributed by atoms with Crippen LogP contribution >= 0.6 is 15.9 Å². The van der Waals surface area contributed by atoms with E-state index in [-0.39, 0.29) is 10.6 Å². The summed E-state index contributed by atoms with van der Waals surface area (Å²) in [6.07, 6.45) is 1.32. The van der Waals surface area contributed by atoms with Gasteiger partial charge in [0, 0.05) is 9.86 Å². The van der Waals surface area contributed by atoms with Crippen molar-refractivity contribution in [1.82, 2.24) is 4.98 Å². The number of rotatable bonds is 1. The summed E-state index contributed by atoms with van der Waals surface area (Å²) in [6.45, 7) is 0. The van der Waals surface area contributed by atoms with E-state index < -0.39 is 11.4 Å². The minimum atomic E-state index is -1.73. The maximum absolute atomic E-state index is 11.1. The average molecular weight is 287 g/mol. The van der Waals surface area contributed by atoms with Crippen LogP contribution in [0.3, 0.4) is 0 Å². The Morgan fingerprint density at radius 2 is 2.20 bits per heavy atom. The highest BCUT2D eigenvalue weighted by molar-refractivity contribution is 9.10. The quantitative estimate of drug-likeness (QED) is 0.782. The zero-order valence-corrected chi connectivity index (χ0v) is 9.88. The van der Waals surface area contributed by atoms with Crippen LogP contribution in [0.1, 0.15) is 0 Å². The molecular weight excluding hydrogens is 280 g/mol. The first-order valence-corrected chi connectivity index (χ1v) is 6.03. The highest BCUT2D eigenvalue weighted by Crippen LogP contribution is 2.31. The van der Waals surface area contributed by atoms with Crippen molar-refractivity contribution in [2.75, 3.05) is 0 Å². The third-order valence-electron chi connectivity index (χ3n) is 1.98. The Hall–Kier alpha value is -0.820. The van der Waals surface area contributed by atoms with Crippen LogP contribution in [-0.4, -0.2) is 14.6 Å². The fourth-order valence-electron chi connectivity index (χ4n) is 1.28. The third-order valence-corrected chi connectivity index (χ3v) is 3.21. The lowest BCUT2D eigenvalue weighted by Gasteiger charge is -2.06. The third kappa shape index (κ3) is 1.93. The van der Waals surface area contributed by atoms with E-state index in [1.54, 1.807) is 12.1 Å². The molecule has 0 saturated heterocycles. The molecule has 1 aromatic heterocycles. The summed E-state index contributed by atoms with van der Waals surface area (Å²) in [5.74, 6) is -0.0814. The first kappa shape index (κ1) is 10.7. The van der Waals surface area contributed by atoms with Crippen molar-refractivity contribution >= 4 is 38.2 Å². The molecule has 1 unspecified atom stereocenters. The molecule has 0 spiro atoms. The molecule has 6 heteroatoms. The minimum absolute atomic E-state index is 0.0814. The van der Waals surface area contributed by atoms with Crippen LogP contribution in [0.2, 0.25) is 0 Å². The van der Waals surface area contributed by atoms with Crippen LogP contribution in [0.4, 0.5) is 0 Å². The maximum Gasteiger partial charge on any atom is 0.234 e. The van der Waals surface area contributed by atoms with Crippen LogP contribution < -0.4 is 5.14 Å². The number of nitrogens with zero attached hydrogens (tertiary/aromatic N) is 1.